The third kappa shape index (κ3) is 28.8. The molecule has 0 radical (unpaired) electrons. The molecule has 1 amide bonds. The van der Waals surface area contributed by atoms with Crippen LogP contribution in [-0.2, 0) is 40.2 Å². The summed E-state index contributed by atoms with van der Waals surface area (Å²) >= 11 is 19.8. The summed E-state index contributed by atoms with van der Waals surface area (Å²) in [6, 6.07) is 29.3. The van der Waals surface area contributed by atoms with Gasteiger partial charge in [-0.2, -0.15) is 8.78 Å². The number of anilines is 1. The van der Waals surface area contributed by atoms with Gasteiger partial charge < -0.3 is 51.5 Å². The van der Waals surface area contributed by atoms with Crippen LogP contribution < -0.4 is 16.5 Å². The minimum atomic E-state index is -4.43. The summed E-state index contributed by atoms with van der Waals surface area (Å²) in [5.41, 5.74) is 4.37. The number of likely N-dealkylation sites (tertiary alicyclic amines) is 1. The van der Waals surface area contributed by atoms with E-state index < -0.39 is 192 Å². The van der Waals surface area contributed by atoms with E-state index >= 15 is 0 Å². The number of aromatic hydroxyl groups is 3. The second kappa shape index (κ2) is 47.1. The quantitative estimate of drug-likeness (QED) is 0.00777. The van der Waals surface area contributed by atoms with Gasteiger partial charge in [0.1, 0.15) is 61.2 Å². The summed E-state index contributed by atoms with van der Waals surface area (Å²) in [6.07, 6.45) is 16.8. The van der Waals surface area contributed by atoms with Crippen molar-refractivity contribution in [3.8, 4) is 61.8 Å². The number of amides is 1. The van der Waals surface area contributed by atoms with Gasteiger partial charge in [-0.25, -0.2) is 70.0 Å². The second-order valence-electron chi connectivity index (χ2n) is 27.1. The topological polar surface area (TPSA) is 487 Å². The third-order valence-electron chi connectivity index (χ3n) is 18.0. The number of nitrogens with one attached hydrogen (secondary N) is 1. The molecule has 2 aliphatic heterocycles. The van der Waals surface area contributed by atoms with Crippen molar-refractivity contribution in [2.45, 2.75) is 39.0 Å². The Morgan fingerprint density at radius 3 is 1.10 bits per heavy atom. The highest BCUT2D eigenvalue weighted by Crippen LogP contribution is 2.40. The van der Waals surface area contributed by atoms with Gasteiger partial charge in [-0.15, -0.1) is 0 Å². The smallest absolute Gasteiger partial charge is 0.490 e. The number of sulfone groups is 2. The van der Waals surface area contributed by atoms with Crippen LogP contribution in [0.2, 0.25) is 15.1 Å². The number of nitro groups is 2. The number of phenolic OH excluding ortho intramolecular Hbond substituents is 3. The maximum atomic E-state index is 14.5. The van der Waals surface area contributed by atoms with Gasteiger partial charge in [0, 0.05) is 195 Å². The molecular weight excluding hydrogens is 1990 g/mol. The lowest BCUT2D eigenvalue weighted by Crippen LogP contribution is -2.42. The summed E-state index contributed by atoms with van der Waals surface area (Å²) in [7, 11) is -9.46. The average molecular weight is 2050 g/mol. The van der Waals surface area contributed by atoms with E-state index in [0.717, 1.165) is 67.1 Å². The molecule has 0 atom stereocenters. The first-order chi connectivity index (χ1) is 62.6. The number of nitrogens with zero attached hydrogens (tertiary/aromatic N) is 8. The molecule has 133 heavy (non-hydrogen) atoms. The number of nitrogens with two attached hydrogens (primary N) is 1. The molecule has 7 heterocycles. The number of hydrogen-bond donors (Lipinski definition) is 9. The lowest BCUT2D eigenvalue weighted by molar-refractivity contribution is -0.387. The summed E-state index contributed by atoms with van der Waals surface area (Å²) in [5, 5.41) is 86.9. The molecule has 694 valence electrons. The van der Waals surface area contributed by atoms with E-state index in [2.05, 4.69) is 46.2 Å². The van der Waals surface area contributed by atoms with E-state index in [9.17, 15) is 119 Å². The number of carboxylic acids is 2. The number of carbonyl (C=O) groups excluding carboxylic acids is 1. The highest BCUT2D eigenvalue weighted by molar-refractivity contribution is 9.10. The highest BCUT2D eigenvalue weighted by Gasteiger charge is 2.32. The number of halogens is 15. The fraction of sp³-hybridized carbons (Fsp3) is 0.0952. The largest absolute Gasteiger partial charge is 0.505 e. The van der Waals surface area contributed by atoms with Gasteiger partial charge in [0.05, 0.1) is 57.7 Å². The first kappa shape index (κ1) is 105. The standard InChI is InChI=1S/C22H17ClF2N2O4S.C19H12ClF2NO5S.C11H6F2N2O2.C11H8F2N2.C7H4Cl2O5S.C6H2BrF2NO2.C5H6BNO2.C3H7N/c23-17-8-14(22(29)27-5-2-6-27)9-20(21(17)28)32(30,31)12-15-7-16(19(25)10-18(15)24)13-3-1-4-26-11-13;20-14-5-11(19(25)26)6-17(18(14)24)29(27,28)9-12-4-13(16(22)7-15(12)21)10-2-1-3-23-8-10;12-9-5-10(13)11(15(16)17)4-8(9)7-2-1-3-14-6-7;12-9-5-10(13)11(14)4-8(9)7-2-1-3-15-6-7;8-4-1-3(7(11)12)2-5(6(4)10)15(9,13)14;7-3-1-6(10(11)12)5(9)2-4(3)8;8-6(9)5-2-1-3-7-4-5;1-2-4-3-1/h1,3-4,7-11,28H,2,5-6,12H2;1-8,24H,9H2,(H,25,26);1-6H;1-6H,14H2;1-2,10H,(H,11,12);1-2H;1-4,8-9H;4H,1-3H2. The summed E-state index contributed by atoms with van der Waals surface area (Å²) in [6.45, 7) is 3.58. The Bertz CT molecular complexity index is 6850. The van der Waals surface area contributed by atoms with Gasteiger partial charge >= 0.3 is 30.4 Å². The number of phenols is 3. The maximum Gasteiger partial charge on any atom is 0.490 e. The summed E-state index contributed by atoms with van der Waals surface area (Å²) in [5.74, 6) is -16.9. The highest BCUT2D eigenvalue weighted by atomic mass is 79.9. The van der Waals surface area contributed by atoms with Gasteiger partial charge in [-0.05, 0) is 127 Å². The van der Waals surface area contributed by atoms with Crippen LogP contribution in [0.25, 0.3) is 44.5 Å². The van der Waals surface area contributed by atoms with Crippen LogP contribution >= 0.6 is 61.4 Å². The normalized spacial score (nSPS) is 11.8. The van der Waals surface area contributed by atoms with E-state index in [4.69, 9.17) is 71.5 Å². The Balaban J connectivity index is 0.000000197. The summed E-state index contributed by atoms with van der Waals surface area (Å²) < 4.78 is 209. The lowest BCUT2D eigenvalue weighted by Gasteiger charge is -2.31. The third-order valence-corrected chi connectivity index (χ3v) is 24.1. The van der Waals surface area contributed by atoms with Gasteiger partial charge in [-0.1, -0.05) is 65.1 Å². The molecule has 8 aromatic carbocycles. The van der Waals surface area contributed by atoms with Crippen molar-refractivity contribution in [3.05, 3.63) is 345 Å². The van der Waals surface area contributed by atoms with Crippen molar-refractivity contribution >= 4 is 138 Å². The molecule has 0 spiro atoms. The van der Waals surface area contributed by atoms with Gasteiger partial charge in [0.25, 0.3) is 15.0 Å². The molecule has 15 rings (SSSR count). The fourth-order valence-electron chi connectivity index (χ4n) is 11.0. The van der Waals surface area contributed by atoms with Crippen LogP contribution in [0.4, 0.5) is 61.0 Å². The zero-order valence-electron chi connectivity index (χ0n) is 67.0. The monoisotopic (exact) mass is 2050 g/mol. The molecule has 2 saturated heterocycles. The number of benzene rings is 8. The van der Waals surface area contributed by atoms with Crippen LogP contribution in [0, 0.1) is 78.4 Å². The van der Waals surface area contributed by atoms with Crippen LogP contribution in [0.1, 0.15) is 55.0 Å². The number of hydrogen-bond acceptors (Lipinski definition) is 25. The van der Waals surface area contributed by atoms with E-state index in [1.807, 2.05) is 0 Å². The minimum absolute atomic E-state index is 0.00158. The van der Waals surface area contributed by atoms with Crippen LogP contribution in [0.15, 0.2) is 239 Å². The molecule has 5 aromatic heterocycles. The molecule has 2 aliphatic rings. The first-order valence-corrected chi connectivity index (χ1v) is 44.6. The predicted molar refractivity (Wildman–Crippen MR) is 470 cm³/mol. The van der Waals surface area contributed by atoms with Crippen molar-refractivity contribution < 1.29 is 129 Å². The molecule has 0 bridgehead atoms. The van der Waals surface area contributed by atoms with Crippen LogP contribution in [0.3, 0.4) is 0 Å². The van der Waals surface area contributed by atoms with Crippen molar-refractivity contribution in [1.29, 1.82) is 0 Å². The first-order valence-electron chi connectivity index (χ1n) is 37.1. The molecule has 0 aliphatic carbocycles. The zero-order chi connectivity index (χ0) is 98.3. The van der Waals surface area contributed by atoms with Gasteiger partial charge in [0.15, 0.2) is 36.9 Å². The van der Waals surface area contributed by atoms with E-state index in [0.29, 0.717) is 65.1 Å². The van der Waals surface area contributed by atoms with E-state index in [-0.39, 0.29) is 59.7 Å². The number of nitrogen functional groups attached to an aromatic ring is 1. The molecule has 49 heteroatoms. The Morgan fingerprint density at radius 1 is 0.451 bits per heavy atom. The molecule has 10 N–H and O–H groups in total. The Labute approximate surface area is 774 Å². The van der Waals surface area contributed by atoms with Crippen LogP contribution in [0.5, 0.6) is 17.2 Å². The minimum Gasteiger partial charge on any atom is -0.505 e. The van der Waals surface area contributed by atoms with E-state index in [1.54, 1.807) is 54.9 Å². The molecule has 30 nitrogen and oxygen atoms in total. The van der Waals surface area contributed by atoms with E-state index in [1.165, 1.54) is 104 Å². The van der Waals surface area contributed by atoms with Crippen molar-refractivity contribution in [1.82, 2.24) is 35.1 Å². The summed E-state index contributed by atoms with van der Waals surface area (Å²) in [4.78, 5) is 71.5. The number of nitro benzene ring substituents is 2. The van der Waals surface area contributed by atoms with Crippen LogP contribution in [-0.4, -0.2) is 152 Å². The van der Waals surface area contributed by atoms with Crippen molar-refractivity contribution in [2.24, 2.45) is 0 Å². The number of aromatic nitrogens is 5. The number of rotatable bonds is 17. The van der Waals surface area contributed by atoms with Crippen molar-refractivity contribution in [2.75, 3.05) is 31.9 Å². The zero-order valence-corrected chi connectivity index (χ0v) is 74.1. The van der Waals surface area contributed by atoms with Gasteiger partial charge in [-0.3, -0.25) is 49.9 Å². The molecule has 0 saturated carbocycles. The number of aromatic carboxylic acids is 2. The number of carbonyl (C=O) groups is 3. The Morgan fingerprint density at radius 2 is 0.774 bits per heavy atom. The Hall–Kier alpha value is -13.3. The predicted octanol–water partition coefficient (Wildman–Crippen LogP) is 16.9. The molecule has 13 aromatic rings. The SMILES string of the molecule is C1CNC1.Nc1cc(-c2cccnc2)c(F)cc1F.O=C(O)c1cc(Cl)c(O)c(S(=O)(=O)Cc2cc(-c3cccnc3)c(F)cc2F)c1.O=C(O)c1cc(Cl)c(O)c(S(=O)(=O)Cl)c1.O=C(c1cc(Cl)c(O)c(S(=O)(=O)Cc2cc(-c3cccnc3)c(F)cc2F)c1)N1CCC1.O=[N+]([O-])c1cc(-c2cccnc2)c(F)cc1F.O=[N+]([O-])c1cc(Br)c(F)cc1F.OB(O)c1cccnc1. The molecule has 0 unspecified atom stereocenters. The fourth-order valence-corrected chi connectivity index (χ4v) is 16.1. The molecule has 2 fully saturated rings. The maximum absolute atomic E-state index is 14.5. The lowest BCUT2D eigenvalue weighted by atomic mass is 9.82. The Kier molecular flexibility index (Phi) is 37.2. The second-order valence-corrected chi connectivity index (χ2v) is 35.6. The average Bonchev–Trinajstić information content (AvgIpc) is 0.774. The number of carboxylic acid groups (broad SMARTS) is 2. The van der Waals surface area contributed by atoms with Crippen molar-refractivity contribution in [3.63, 3.8) is 0 Å². The molecular formula is C84H62BBrCl4F10N10O20S3. The number of pyridine rings is 5. The van der Waals surface area contributed by atoms with Gasteiger partial charge in [0.2, 0.25) is 11.6 Å².